The molecule has 4 nitrogen and oxygen atoms in total. The van der Waals surface area contributed by atoms with Crippen molar-refractivity contribution in [2.24, 2.45) is 0 Å². The highest BCUT2D eigenvalue weighted by Crippen LogP contribution is 2.24. The van der Waals surface area contributed by atoms with Gasteiger partial charge in [0.2, 0.25) is 0 Å². The van der Waals surface area contributed by atoms with E-state index in [2.05, 4.69) is 44.8 Å². The van der Waals surface area contributed by atoms with Crippen LogP contribution in [0.3, 0.4) is 0 Å². The molecule has 1 fully saturated rings. The molecule has 4 rings (SSSR count). The zero-order valence-corrected chi connectivity index (χ0v) is 15.8. The second kappa shape index (κ2) is 7.93. The minimum Gasteiger partial charge on any atom is -0.396 e. The SMILES string of the molecule is OCCC1CN(Cc2nc3ccccc3s2)CCN1Cc1ccsc1. The molecule has 1 aromatic carbocycles. The molecule has 1 aliphatic heterocycles. The molecular formula is C19H23N3OS2. The lowest BCUT2D eigenvalue weighted by Gasteiger charge is -2.41. The van der Waals surface area contributed by atoms with E-state index < -0.39 is 0 Å². The summed E-state index contributed by atoms with van der Waals surface area (Å²) in [6.45, 7) is 5.25. The fourth-order valence-corrected chi connectivity index (χ4v) is 5.20. The predicted octanol–water partition coefficient (Wildman–Crippen LogP) is 3.43. The molecule has 2 aromatic heterocycles. The zero-order valence-electron chi connectivity index (χ0n) is 14.2. The lowest BCUT2D eigenvalue weighted by atomic mass is 10.1. The number of aromatic nitrogens is 1. The summed E-state index contributed by atoms with van der Waals surface area (Å²) in [5.74, 6) is 0. The van der Waals surface area contributed by atoms with Gasteiger partial charge < -0.3 is 5.11 Å². The number of fused-ring (bicyclic) bond motifs is 1. The first-order chi connectivity index (χ1) is 12.3. The van der Waals surface area contributed by atoms with Gasteiger partial charge in [-0.3, -0.25) is 9.80 Å². The second-order valence-electron chi connectivity index (χ2n) is 6.58. The summed E-state index contributed by atoms with van der Waals surface area (Å²) < 4.78 is 1.26. The molecule has 0 amide bonds. The van der Waals surface area contributed by atoms with Gasteiger partial charge in [-0.15, -0.1) is 11.3 Å². The number of thiazole rings is 1. The number of aliphatic hydroxyl groups is 1. The van der Waals surface area contributed by atoms with Crippen molar-refractivity contribution in [2.75, 3.05) is 26.2 Å². The van der Waals surface area contributed by atoms with Gasteiger partial charge in [0.15, 0.2) is 0 Å². The first-order valence-corrected chi connectivity index (χ1v) is 10.5. The number of para-hydroxylation sites is 1. The lowest BCUT2D eigenvalue weighted by Crippen LogP contribution is -2.52. The van der Waals surface area contributed by atoms with Gasteiger partial charge in [-0.2, -0.15) is 11.3 Å². The van der Waals surface area contributed by atoms with Gasteiger partial charge in [-0.25, -0.2) is 4.98 Å². The van der Waals surface area contributed by atoms with Gasteiger partial charge >= 0.3 is 0 Å². The molecule has 1 saturated heterocycles. The van der Waals surface area contributed by atoms with Crippen molar-refractivity contribution in [1.82, 2.24) is 14.8 Å². The summed E-state index contributed by atoms with van der Waals surface area (Å²) in [5.41, 5.74) is 2.48. The number of aliphatic hydroxyl groups excluding tert-OH is 1. The molecule has 1 N–H and O–H groups in total. The Bertz CT molecular complexity index is 769. The molecule has 0 bridgehead atoms. The van der Waals surface area contributed by atoms with E-state index in [0.29, 0.717) is 6.04 Å². The van der Waals surface area contributed by atoms with E-state index in [1.54, 1.807) is 22.7 Å². The standard InChI is InChI=1S/C19H23N3OS2/c23-9-5-16-12-21(7-8-22(16)11-15-6-10-24-14-15)13-19-20-17-3-1-2-4-18(17)25-19/h1-4,6,10,14,16,23H,5,7-9,11-13H2. The van der Waals surface area contributed by atoms with Crippen LogP contribution >= 0.6 is 22.7 Å². The van der Waals surface area contributed by atoms with Gasteiger partial charge in [0, 0.05) is 38.8 Å². The van der Waals surface area contributed by atoms with E-state index in [1.807, 2.05) is 6.07 Å². The first kappa shape index (κ1) is 17.1. The van der Waals surface area contributed by atoms with Crippen LogP contribution in [0.4, 0.5) is 0 Å². The van der Waals surface area contributed by atoms with Crippen LogP contribution in [0.2, 0.25) is 0 Å². The van der Waals surface area contributed by atoms with Crippen LogP contribution in [0.1, 0.15) is 17.0 Å². The molecular weight excluding hydrogens is 350 g/mol. The Kier molecular flexibility index (Phi) is 5.43. The van der Waals surface area contributed by atoms with Crippen LogP contribution in [0.15, 0.2) is 41.1 Å². The van der Waals surface area contributed by atoms with Gasteiger partial charge in [0.25, 0.3) is 0 Å². The molecule has 1 atom stereocenters. The monoisotopic (exact) mass is 373 g/mol. The Balaban J connectivity index is 1.42. The number of nitrogens with zero attached hydrogens (tertiary/aromatic N) is 3. The number of thiophene rings is 1. The Labute approximate surface area is 156 Å². The lowest BCUT2D eigenvalue weighted by molar-refractivity contribution is 0.0500. The summed E-state index contributed by atoms with van der Waals surface area (Å²) in [6, 6.07) is 11.0. The number of hydrogen-bond donors (Lipinski definition) is 1. The van der Waals surface area contributed by atoms with E-state index in [9.17, 15) is 5.11 Å². The van der Waals surface area contributed by atoms with Gasteiger partial charge in [0.05, 0.1) is 16.8 Å². The molecule has 0 spiro atoms. The van der Waals surface area contributed by atoms with Gasteiger partial charge in [0.1, 0.15) is 5.01 Å². The van der Waals surface area contributed by atoms with E-state index in [1.165, 1.54) is 15.3 Å². The highest BCUT2D eigenvalue weighted by Gasteiger charge is 2.27. The summed E-state index contributed by atoms with van der Waals surface area (Å²) in [7, 11) is 0. The van der Waals surface area contributed by atoms with Crippen LogP contribution in [0.25, 0.3) is 10.2 Å². The molecule has 25 heavy (non-hydrogen) atoms. The molecule has 0 radical (unpaired) electrons. The van der Waals surface area contributed by atoms with Crippen molar-refractivity contribution >= 4 is 32.9 Å². The summed E-state index contributed by atoms with van der Waals surface area (Å²) in [6.07, 6.45) is 0.834. The van der Waals surface area contributed by atoms with Crippen LogP contribution in [-0.4, -0.2) is 52.2 Å². The Morgan fingerprint density at radius 1 is 1.16 bits per heavy atom. The van der Waals surface area contributed by atoms with Crippen molar-refractivity contribution < 1.29 is 5.11 Å². The average molecular weight is 374 g/mol. The maximum absolute atomic E-state index is 9.48. The maximum atomic E-state index is 9.48. The third-order valence-corrected chi connectivity index (χ3v) is 6.57. The summed E-state index contributed by atoms with van der Waals surface area (Å²) in [4.78, 5) is 9.78. The van der Waals surface area contributed by atoms with Crippen molar-refractivity contribution in [3.8, 4) is 0 Å². The Morgan fingerprint density at radius 3 is 2.88 bits per heavy atom. The molecule has 6 heteroatoms. The van der Waals surface area contributed by atoms with E-state index in [4.69, 9.17) is 4.98 Å². The van der Waals surface area contributed by atoms with Crippen molar-refractivity contribution in [2.45, 2.75) is 25.6 Å². The number of hydrogen-bond acceptors (Lipinski definition) is 6. The molecule has 0 saturated carbocycles. The smallest absolute Gasteiger partial charge is 0.108 e. The highest BCUT2D eigenvalue weighted by molar-refractivity contribution is 7.18. The average Bonchev–Trinajstić information content (AvgIpc) is 3.26. The fraction of sp³-hybridized carbons (Fsp3) is 0.421. The summed E-state index contributed by atoms with van der Waals surface area (Å²) >= 11 is 3.55. The Hall–Kier alpha value is -1.31. The number of benzene rings is 1. The molecule has 132 valence electrons. The van der Waals surface area contributed by atoms with E-state index >= 15 is 0 Å². The van der Waals surface area contributed by atoms with Crippen LogP contribution < -0.4 is 0 Å². The largest absolute Gasteiger partial charge is 0.396 e. The molecule has 3 heterocycles. The zero-order chi connectivity index (χ0) is 17.1. The van der Waals surface area contributed by atoms with Gasteiger partial charge in [-0.05, 0) is 40.9 Å². The quantitative estimate of drug-likeness (QED) is 0.719. The van der Waals surface area contributed by atoms with Crippen LogP contribution in [0.5, 0.6) is 0 Å². The van der Waals surface area contributed by atoms with E-state index in [0.717, 1.165) is 44.7 Å². The number of rotatable bonds is 6. The minimum atomic E-state index is 0.250. The van der Waals surface area contributed by atoms with Crippen molar-refractivity contribution in [1.29, 1.82) is 0 Å². The molecule has 1 unspecified atom stereocenters. The number of piperazine rings is 1. The van der Waals surface area contributed by atoms with Gasteiger partial charge in [-0.1, -0.05) is 12.1 Å². The predicted molar refractivity (Wildman–Crippen MR) is 105 cm³/mol. The molecule has 3 aromatic rings. The highest BCUT2D eigenvalue weighted by atomic mass is 32.1. The third kappa shape index (κ3) is 4.10. The maximum Gasteiger partial charge on any atom is 0.108 e. The topological polar surface area (TPSA) is 39.6 Å². The normalized spacial score (nSPS) is 19.6. The minimum absolute atomic E-state index is 0.250. The van der Waals surface area contributed by atoms with Crippen molar-refractivity contribution in [3.05, 3.63) is 51.7 Å². The molecule has 1 aliphatic rings. The van der Waals surface area contributed by atoms with Crippen LogP contribution in [-0.2, 0) is 13.1 Å². The Morgan fingerprint density at radius 2 is 2.08 bits per heavy atom. The molecule has 0 aliphatic carbocycles. The first-order valence-electron chi connectivity index (χ1n) is 8.74. The van der Waals surface area contributed by atoms with E-state index in [-0.39, 0.29) is 6.61 Å². The van der Waals surface area contributed by atoms with Crippen LogP contribution in [0, 0.1) is 0 Å². The fourth-order valence-electron chi connectivity index (χ4n) is 3.53. The van der Waals surface area contributed by atoms with Crippen molar-refractivity contribution in [3.63, 3.8) is 0 Å². The third-order valence-electron chi connectivity index (χ3n) is 4.81. The summed E-state index contributed by atoms with van der Waals surface area (Å²) in [5, 5.41) is 15.0. The second-order valence-corrected chi connectivity index (χ2v) is 8.47.